The first-order chi connectivity index (χ1) is 11.0. The quantitative estimate of drug-likeness (QED) is 0.780. The van der Waals surface area contributed by atoms with Crippen molar-refractivity contribution in [2.45, 2.75) is 50.2 Å². The van der Waals surface area contributed by atoms with Crippen LogP contribution < -0.4 is 16.0 Å². The molecule has 1 aromatic carbocycles. The Morgan fingerprint density at radius 3 is 2.65 bits per heavy atom. The fourth-order valence-corrected chi connectivity index (χ4v) is 3.54. The predicted molar refractivity (Wildman–Crippen MR) is 90.8 cm³/mol. The average molecular weight is 356 g/mol. The van der Waals surface area contributed by atoms with E-state index < -0.39 is 6.04 Å². The van der Waals surface area contributed by atoms with Crippen molar-refractivity contribution in [3.8, 4) is 0 Å². The molecule has 1 aliphatic heterocycles. The summed E-state index contributed by atoms with van der Waals surface area (Å²) in [5, 5.41) is 9.91. The van der Waals surface area contributed by atoms with Crippen LogP contribution in [0.2, 0.25) is 10.0 Å². The molecule has 0 radical (unpaired) electrons. The van der Waals surface area contributed by atoms with Crippen molar-refractivity contribution >= 4 is 40.7 Å². The first kappa shape index (κ1) is 16.6. The number of benzene rings is 1. The molecular formula is C16H19Cl2N3O2. The molecule has 3 N–H and O–H groups in total. The number of fused-ring (bicyclic) bond motifs is 1. The summed E-state index contributed by atoms with van der Waals surface area (Å²) in [7, 11) is 0. The largest absolute Gasteiger partial charge is 0.350 e. The molecule has 7 heteroatoms. The summed E-state index contributed by atoms with van der Waals surface area (Å²) in [4.78, 5) is 24.3. The zero-order valence-corrected chi connectivity index (χ0v) is 14.1. The summed E-state index contributed by atoms with van der Waals surface area (Å²) in [6.07, 6.45) is 4.44. The average Bonchev–Trinajstić information content (AvgIpc) is 2.51. The highest BCUT2D eigenvalue weighted by Crippen LogP contribution is 2.25. The summed E-state index contributed by atoms with van der Waals surface area (Å²) in [6.45, 7) is 0. The van der Waals surface area contributed by atoms with Gasteiger partial charge in [-0.15, -0.1) is 0 Å². The third kappa shape index (κ3) is 3.97. The van der Waals surface area contributed by atoms with Crippen LogP contribution in [0.1, 0.15) is 32.1 Å². The van der Waals surface area contributed by atoms with Crippen molar-refractivity contribution in [2.75, 3.05) is 5.32 Å². The van der Waals surface area contributed by atoms with E-state index in [1.165, 1.54) is 0 Å². The second-order valence-electron chi connectivity index (χ2n) is 6.11. The number of piperazine rings is 1. The molecule has 0 aromatic heterocycles. The van der Waals surface area contributed by atoms with Gasteiger partial charge in [-0.1, -0.05) is 36.0 Å². The Morgan fingerprint density at radius 1 is 1.17 bits per heavy atom. The Hall–Kier alpha value is -1.30. The standard InChI is InChI=1S/C16H19Cl2N3O2/c17-10-6-5-9(7-11(10)18)19-15(22)8-14-16(23)21-13-4-2-1-3-12(13)20-14/h5-7,12-14,20H,1-4,8H2,(H,19,22)(H,21,23)/t12-,13+,14-/m0/s1. The summed E-state index contributed by atoms with van der Waals surface area (Å²) in [6, 6.07) is 4.87. The summed E-state index contributed by atoms with van der Waals surface area (Å²) in [5.74, 6) is -0.331. The van der Waals surface area contributed by atoms with Gasteiger partial charge in [-0.05, 0) is 31.0 Å². The van der Waals surface area contributed by atoms with E-state index >= 15 is 0 Å². The SMILES string of the molecule is O=C(C[C@@H]1N[C@H]2CCCC[C@H]2NC1=O)Nc1ccc(Cl)c(Cl)c1. The lowest BCUT2D eigenvalue weighted by atomic mass is 9.87. The number of nitrogens with one attached hydrogen (secondary N) is 3. The van der Waals surface area contributed by atoms with Gasteiger partial charge >= 0.3 is 0 Å². The normalized spacial score (nSPS) is 27.0. The fourth-order valence-electron chi connectivity index (χ4n) is 3.24. The number of hydrogen-bond acceptors (Lipinski definition) is 3. The van der Waals surface area contributed by atoms with Crippen molar-refractivity contribution in [3.05, 3.63) is 28.2 Å². The van der Waals surface area contributed by atoms with E-state index in [9.17, 15) is 9.59 Å². The Kier molecular flexibility index (Phi) is 5.09. The zero-order valence-electron chi connectivity index (χ0n) is 12.6. The van der Waals surface area contributed by atoms with Crippen molar-refractivity contribution in [1.29, 1.82) is 0 Å². The van der Waals surface area contributed by atoms with Crippen LogP contribution in [0.3, 0.4) is 0 Å². The van der Waals surface area contributed by atoms with Crippen LogP contribution in [-0.2, 0) is 9.59 Å². The molecule has 0 spiro atoms. The second kappa shape index (κ2) is 7.07. The van der Waals surface area contributed by atoms with E-state index in [0.717, 1.165) is 25.7 Å². The van der Waals surface area contributed by atoms with E-state index in [2.05, 4.69) is 16.0 Å². The van der Waals surface area contributed by atoms with Crippen LogP contribution in [0.25, 0.3) is 0 Å². The molecule has 5 nitrogen and oxygen atoms in total. The van der Waals surface area contributed by atoms with Gasteiger partial charge in [0.25, 0.3) is 0 Å². The van der Waals surface area contributed by atoms with Gasteiger partial charge in [0.05, 0.1) is 22.5 Å². The van der Waals surface area contributed by atoms with Gasteiger partial charge in [0.1, 0.15) is 0 Å². The number of amides is 2. The minimum atomic E-state index is -0.489. The van der Waals surface area contributed by atoms with Gasteiger partial charge in [0.2, 0.25) is 11.8 Å². The predicted octanol–water partition coefficient (Wildman–Crippen LogP) is 2.72. The Labute approximate surface area is 145 Å². The second-order valence-corrected chi connectivity index (χ2v) is 6.92. The van der Waals surface area contributed by atoms with Crippen molar-refractivity contribution in [2.24, 2.45) is 0 Å². The summed E-state index contributed by atoms with van der Waals surface area (Å²) in [5.41, 5.74) is 0.566. The molecule has 2 amide bonds. The molecule has 1 saturated carbocycles. The highest BCUT2D eigenvalue weighted by Gasteiger charge is 2.36. The number of rotatable bonds is 3. The molecule has 0 bridgehead atoms. The molecular weight excluding hydrogens is 337 g/mol. The van der Waals surface area contributed by atoms with Gasteiger partial charge in [-0.25, -0.2) is 0 Å². The van der Waals surface area contributed by atoms with Crippen LogP contribution in [0, 0.1) is 0 Å². The number of hydrogen-bond donors (Lipinski definition) is 3. The van der Waals surface area contributed by atoms with E-state index in [-0.39, 0.29) is 30.3 Å². The lowest BCUT2D eigenvalue weighted by Crippen LogP contribution is -2.65. The number of halogens is 2. The molecule has 1 saturated heterocycles. The number of anilines is 1. The van der Waals surface area contributed by atoms with Crippen LogP contribution in [0.15, 0.2) is 18.2 Å². The summed E-state index contributed by atoms with van der Waals surface area (Å²) < 4.78 is 0. The van der Waals surface area contributed by atoms with Gasteiger partial charge in [-0.3, -0.25) is 9.59 Å². The Bertz CT molecular complexity index is 623. The highest BCUT2D eigenvalue weighted by molar-refractivity contribution is 6.42. The van der Waals surface area contributed by atoms with E-state index in [0.29, 0.717) is 15.7 Å². The smallest absolute Gasteiger partial charge is 0.237 e. The maximum absolute atomic E-state index is 12.2. The molecule has 1 heterocycles. The molecule has 3 rings (SSSR count). The van der Waals surface area contributed by atoms with Crippen molar-refractivity contribution < 1.29 is 9.59 Å². The van der Waals surface area contributed by atoms with Crippen LogP contribution in [-0.4, -0.2) is 29.9 Å². The van der Waals surface area contributed by atoms with E-state index in [1.807, 2.05) is 0 Å². The monoisotopic (exact) mass is 355 g/mol. The van der Waals surface area contributed by atoms with E-state index in [1.54, 1.807) is 18.2 Å². The first-order valence-corrected chi connectivity index (χ1v) is 8.60. The van der Waals surface area contributed by atoms with Gasteiger partial charge < -0.3 is 16.0 Å². The fraction of sp³-hybridized carbons (Fsp3) is 0.500. The van der Waals surface area contributed by atoms with Crippen molar-refractivity contribution in [3.63, 3.8) is 0 Å². The van der Waals surface area contributed by atoms with Crippen molar-refractivity contribution in [1.82, 2.24) is 10.6 Å². The first-order valence-electron chi connectivity index (χ1n) is 7.84. The Morgan fingerprint density at radius 2 is 1.91 bits per heavy atom. The minimum Gasteiger partial charge on any atom is -0.350 e. The third-order valence-corrected chi connectivity index (χ3v) is 5.16. The van der Waals surface area contributed by atoms with Gasteiger partial charge in [0, 0.05) is 17.8 Å². The van der Waals surface area contributed by atoms with Gasteiger partial charge in [-0.2, -0.15) is 0 Å². The zero-order chi connectivity index (χ0) is 16.4. The molecule has 1 aromatic rings. The maximum Gasteiger partial charge on any atom is 0.237 e. The molecule has 1 aliphatic carbocycles. The molecule has 124 valence electrons. The van der Waals surface area contributed by atoms with Gasteiger partial charge in [0.15, 0.2) is 0 Å². The number of carbonyl (C=O) groups is 2. The lowest BCUT2D eigenvalue weighted by Gasteiger charge is -2.40. The van der Waals surface area contributed by atoms with Crippen LogP contribution >= 0.6 is 23.2 Å². The molecule has 23 heavy (non-hydrogen) atoms. The maximum atomic E-state index is 12.2. The third-order valence-electron chi connectivity index (χ3n) is 4.42. The molecule has 3 atom stereocenters. The minimum absolute atomic E-state index is 0.0926. The van der Waals surface area contributed by atoms with Crippen LogP contribution in [0.5, 0.6) is 0 Å². The lowest BCUT2D eigenvalue weighted by molar-refractivity contribution is -0.129. The topological polar surface area (TPSA) is 70.2 Å². The Balaban J connectivity index is 1.58. The molecule has 2 fully saturated rings. The number of carbonyl (C=O) groups excluding carboxylic acids is 2. The highest BCUT2D eigenvalue weighted by atomic mass is 35.5. The van der Waals surface area contributed by atoms with Crippen LogP contribution in [0.4, 0.5) is 5.69 Å². The molecule has 0 unspecified atom stereocenters. The van der Waals surface area contributed by atoms with E-state index in [4.69, 9.17) is 23.2 Å². The summed E-state index contributed by atoms with van der Waals surface area (Å²) >= 11 is 11.8. The molecule has 2 aliphatic rings.